The maximum atomic E-state index is 11.7. The second kappa shape index (κ2) is 6.01. The largest absolute Gasteiger partial charge is 0.275 e. The summed E-state index contributed by atoms with van der Waals surface area (Å²) < 4.78 is 0.920. The first-order valence-corrected chi connectivity index (χ1v) is 5.99. The maximum Gasteiger partial charge on any atom is 0.275 e. The molecule has 0 saturated heterocycles. The zero-order chi connectivity index (χ0) is 12.1. The predicted molar refractivity (Wildman–Crippen MR) is 67.1 cm³/mol. The second-order valence-corrected chi connectivity index (χ2v) is 4.90. The van der Waals surface area contributed by atoms with Crippen LogP contribution in [0.3, 0.4) is 0 Å². The Kier molecular flexibility index (Phi) is 4.96. The molecule has 0 spiro atoms. The van der Waals surface area contributed by atoms with Crippen molar-refractivity contribution in [1.82, 2.24) is 5.48 Å². The van der Waals surface area contributed by atoms with Crippen molar-refractivity contribution in [1.29, 1.82) is 0 Å². The summed E-state index contributed by atoms with van der Waals surface area (Å²) in [6, 6.07) is 5.50. The molecule has 0 atom stereocenters. The highest BCUT2D eigenvalue weighted by Crippen LogP contribution is 2.19. The molecule has 0 saturated carbocycles. The molecule has 0 aliphatic heterocycles. The molecule has 88 valence electrons. The topological polar surface area (TPSA) is 38.3 Å². The van der Waals surface area contributed by atoms with Crippen LogP contribution in [-0.4, -0.2) is 12.5 Å². The van der Waals surface area contributed by atoms with E-state index >= 15 is 0 Å². The molecular weight excluding hydrogens is 270 g/mol. The van der Waals surface area contributed by atoms with Crippen LogP contribution in [0, 0.1) is 12.8 Å². The number of hydrogen-bond acceptors (Lipinski definition) is 2. The molecule has 4 heteroatoms. The number of carbonyl (C=O) groups excluding carboxylic acids is 1. The van der Waals surface area contributed by atoms with Gasteiger partial charge in [0.25, 0.3) is 5.91 Å². The van der Waals surface area contributed by atoms with Gasteiger partial charge in [-0.2, -0.15) is 0 Å². The number of benzene rings is 1. The van der Waals surface area contributed by atoms with Crippen LogP contribution in [0.1, 0.15) is 29.8 Å². The Bertz CT molecular complexity index is 377. The third-order valence-electron chi connectivity index (χ3n) is 2.09. The van der Waals surface area contributed by atoms with Gasteiger partial charge < -0.3 is 0 Å². The van der Waals surface area contributed by atoms with Crippen molar-refractivity contribution in [2.75, 3.05) is 6.61 Å². The lowest BCUT2D eigenvalue weighted by atomic mass is 10.1. The Morgan fingerprint density at radius 2 is 2.19 bits per heavy atom. The highest BCUT2D eigenvalue weighted by atomic mass is 79.9. The van der Waals surface area contributed by atoms with Crippen molar-refractivity contribution < 1.29 is 9.63 Å². The first kappa shape index (κ1) is 13.2. The van der Waals surface area contributed by atoms with E-state index in [1.54, 1.807) is 6.07 Å². The van der Waals surface area contributed by atoms with Crippen LogP contribution in [0.15, 0.2) is 22.7 Å². The molecule has 0 radical (unpaired) electrons. The van der Waals surface area contributed by atoms with Crippen LogP contribution >= 0.6 is 15.9 Å². The highest BCUT2D eigenvalue weighted by Gasteiger charge is 2.10. The lowest BCUT2D eigenvalue weighted by molar-refractivity contribution is 0.0208. The summed E-state index contributed by atoms with van der Waals surface area (Å²) >= 11 is 3.38. The molecule has 0 aromatic heterocycles. The van der Waals surface area contributed by atoms with Crippen LogP contribution in [0.5, 0.6) is 0 Å². The van der Waals surface area contributed by atoms with E-state index in [2.05, 4.69) is 21.4 Å². The van der Waals surface area contributed by atoms with Gasteiger partial charge in [0.05, 0.1) is 6.61 Å². The summed E-state index contributed by atoms with van der Waals surface area (Å²) in [6.07, 6.45) is 0. The van der Waals surface area contributed by atoms with E-state index < -0.39 is 0 Å². The van der Waals surface area contributed by atoms with Gasteiger partial charge in [-0.05, 0) is 30.5 Å². The molecule has 0 aliphatic rings. The van der Waals surface area contributed by atoms with Crippen molar-refractivity contribution in [2.45, 2.75) is 20.8 Å². The monoisotopic (exact) mass is 285 g/mol. The van der Waals surface area contributed by atoms with Crippen molar-refractivity contribution in [3.63, 3.8) is 0 Å². The fraction of sp³-hybridized carbons (Fsp3) is 0.417. The third-order valence-corrected chi connectivity index (χ3v) is 2.95. The van der Waals surface area contributed by atoms with E-state index in [1.807, 2.05) is 32.9 Å². The van der Waals surface area contributed by atoms with E-state index in [0.29, 0.717) is 18.1 Å². The van der Waals surface area contributed by atoms with E-state index in [1.165, 1.54) is 0 Å². The van der Waals surface area contributed by atoms with E-state index in [4.69, 9.17) is 4.84 Å². The van der Waals surface area contributed by atoms with Gasteiger partial charge in [-0.15, -0.1) is 0 Å². The molecule has 1 N–H and O–H groups in total. The molecule has 0 aliphatic carbocycles. The summed E-state index contributed by atoms with van der Waals surface area (Å²) in [5.74, 6) is 0.184. The minimum atomic E-state index is -0.209. The normalized spacial score (nSPS) is 10.6. The summed E-state index contributed by atoms with van der Waals surface area (Å²) in [6.45, 7) is 6.45. The zero-order valence-corrected chi connectivity index (χ0v) is 11.3. The van der Waals surface area contributed by atoms with Gasteiger partial charge in [-0.3, -0.25) is 9.63 Å². The van der Waals surface area contributed by atoms with Crippen LogP contribution in [0.2, 0.25) is 0 Å². The molecular formula is C12H16BrNO2. The summed E-state index contributed by atoms with van der Waals surface area (Å²) in [5.41, 5.74) is 3.97. The van der Waals surface area contributed by atoms with Gasteiger partial charge in [-0.1, -0.05) is 35.8 Å². The smallest absolute Gasteiger partial charge is 0.273 e. The summed E-state index contributed by atoms with van der Waals surface area (Å²) in [7, 11) is 0. The number of rotatable bonds is 4. The Labute approximate surface area is 104 Å². The number of hydrogen-bond donors (Lipinski definition) is 1. The standard InChI is InChI=1S/C12H16BrNO2/c1-8(2)7-16-14-12(15)10-5-4-6-11(13)9(10)3/h4-6,8H,7H2,1-3H3,(H,14,15). The van der Waals surface area contributed by atoms with Crippen molar-refractivity contribution in [2.24, 2.45) is 5.92 Å². The average Bonchev–Trinajstić information content (AvgIpc) is 2.21. The van der Waals surface area contributed by atoms with Crippen LogP contribution in [0.4, 0.5) is 0 Å². The zero-order valence-electron chi connectivity index (χ0n) is 9.71. The average molecular weight is 286 g/mol. The lowest BCUT2D eigenvalue weighted by Gasteiger charge is -2.10. The predicted octanol–water partition coefficient (Wildman–Crippen LogP) is 3.07. The molecule has 1 aromatic carbocycles. The molecule has 1 aromatic rings. The summed E-state index contributed by atoms with van der Waals surface area (Å²) in [5, 5.41) is 0. The van der Waals surface area contributed by atoms with Crippen LogP contribution < -0.4 is 5.48 Å². The molecule has 3 nitrogen and oxygen atoms in total. The fourth-order valence-electron chi connectivity index (χ4n) is 1.18. The Morgan fingerprint density at radius 1 is 1.50 bits per heavy atom. The van der Waals surface area contributed by atoms with Gasteiger partial charge in [0, 0.05) is 10.0 Å². The minimum Gasteiger partial charge on any atom is -0.273 e. The Balaban J connectivity index is 2.63. The minimum absolute atomic E-state index is 0.209. The van der Waals surface area contributed by atoms with Crippen LogP contribution in [0.25, 0.3) is 0 Å². The van der Waals surface area contributed by atoms with Gasteiger partial charge in [-0.25, -0.2) is 5.48 Å². The molecule has 0 heterocycles. The van der Waals surface area contributed by atoms with E-state index in [0.717, 1.165) is 10.0 Å². The number of amides is 1. The second-order valence-electron chi connectivity index (χ2n) is 4.05. The number of nitrogens with one attached hydrogen (secondary N) is 1. The first-order chi connectivity index (χ1) is 7.52. The van der Waals surface area contributed by atoms with Gasteiger partial charge in [0.15, 0.2) is 0 Å². The third kappa shape index (κ3) is 3.61. The first-order valence-electron chi connectivity index (χ1n) is 5.19. The summed E-state index contributed by atoms with van der Waals surface area (Å²) in [4.78, 5) is 16.8. The van der Waals surface area contributed by atoms with Crippen molar-refractivity contribution in [3.05, 3.63) is 33.8 Å². The number of hydroxylamine groups is 1. The van der Waals surface area contributed by atoms with Gasteiger partial charge in [0.2, 0.25) is 0 Å². The van der Waals surface area contributed by atoms with Crippen molar-refractivity contribution >= 4 is 21.8 Å². The molecule has 1 amide bonds. The quantitative estimate of drug-likeness (QED) is 0.864. The van der Waals surface area contributed by atoms with E-state index in [-0.39, 0.29) is 5.91 Å². The van der Waals surface area contributed by atoms with Gasteiger partial charge >= 0.3 is 0 Å². The lowest BCUT2D eigenvalue weighted by Crippen LogP contribution is -2.26. The molecule has 16 heavy (non-hydrogen) atoms. The molecule has 0 unspecified atom stereocenters. The molecule has 1 rings (SSSR count). The number of carbonyl (C=O) groups is 1. The Morgan fingerprint density at radius 3 is 2.81 bits per heavy atom. The van der Waals surface area contributed by atoms with E-state index in [9.17, 15) is 4.79 Å². The van der Waals surface area contributed by atoms with Gasteiger partial charge in [0.1, 0.15) is 0 Å². The SMILES string of the molecule is Cc1c(Br)cccc1C(=O)NOCC(C)C. The van der Waals surface area contributed by atoms with Crippen molar-refractivity contribution in [3.8, 4) is 0 Å². The highest BCUT2D eigenvalue weighted by molar-refractivity contribution is 9.10. The number of halogens is 1. The molecule has 0 bridgehead atoms. The van der Waals surface area contributed by atoms with Crippen LogP contribution in [-0.2, 0) is 4.84 Å². The maximum absolute atomic E-state index is 11.7. The molecule has 0 fully saturated rings. The fourth-order valence-corrected chi connectivity index (χ4v) is 1.55. The Hall–Kier alpha value is -0.870.